The lowest BCUT2D eigenvalue weighted by Gasteiger charge is -2.23. The first-order chi connectivity index (χ1) is 16.2. The molecule has 0 aliphatic carbocycles. The Labute approximate surface area is 201 Å². The van der Waals surface area contributed by atoms with Crippen LogP contribution < -0.4 is 9.62 Å². The molecule has 4 rings (SSSR count). The summed E-state index contributed by atoms with van der Waals surface area (Å²) in [4.78, 5) is 12.9. The largest absolute Gasteiger partial charge is 0.325 e. The molecule has 2 aromatic carbocycles. The molecule has 1 N–H and O–H groups in total. The zero-order chi connectivity index (χ0) is 24.3. The van der Waals surface area contributed by atoms with E-state index in [-0.39, 0.29) is 14.8 Å². The number of nitrogens with one attached hydrogen (secondary N) is 1. The maximum atomic E-state index is 13.4. The molecule has 0 bridgehead atoms. The molecule has 0 saturated carbocycles. The quantitative estimate of drug-likeness (QED) is 0.487. The average Bonchev–Trinajstić information content (AvgIpc) is 3.53. The lowest BCUT2D eigenvalue weighted by Crippen LogP contribution is -2.37. The molecule has 0 unspecified atom stereocenters. The smallest absolute Gasteiger partial charge is 0.274 e. The number of amides is 1. The van der Waals surface area contributed by atoms with Crippen LogP contribution in [-0.4, -0.2) is 46.7 Å². The molecule has 1 saturated heterocycles. The molecular weight excluding hydrogens is 501 g/mol. The van der Waals surface area contributed by atoms with Crippen LogP contribution in [0.3, 0.4) is 0 Å². The van der Waals surface area contributed by atoms with E-state index in [1.54, 1.807) is 11.4 Å². The van der Waals surface area contributed by atoms with Crippen LogP contribution in [0.2, 0.25) is 0 Å². The van der Waals surface area contributed by atoms with Crippen LogP contribution >= 0.6 is 11.3 Å². The first kappa shape index (κ1) is 24.3. The van der Waals surface area contributed by atoms with Crippen LogP contribution in [0.1, 0.15) is 12.8 Å². The van der Waals surface area contributed by atoms with Gasteiger partial charge >= 0.3 is 0 Å². The standard InChI is InChI=1S/C22H22FN3O5S3/c23-17-5-9-19(10-6-17)26(34(30,31)22-4-3-15-32-22)16-21(27)24-18-7-11-20(12-8-18)33(28,29)25-13-1-2-14-25/h3-12,15H,1-2,13-14,16H2,(H,24,27). The molecule has 0 atom stereocenters. The molecule has 3 aromatic rings. The molecular formula is C22H22FN3O5S3. The van der Waals surface area contributed by atoms with Gasteiger partial charge in [-0.05, 0) is 72.8 Å². The summed E-state index contributed by atoms with van der Waals surface area (Å²) in [5.41, 5.74) is 0.454. The molecule has 1 aliphatic rings. The SMILES string of the molecule is O=C(CN(c1ccc(F)cc1)S(=O)(=O)c1cccs1)Nc1ccc(S(=O)(=O)N2CCCC2)cc1. The number of benzene rings is 2. The number of hydrogen-bond donors (Lipinski definition) is 1. The Morgan fingerprint density at radius 3 is 2.21 bits per heavy atom. The summed E-state index contributed by atoms with van der Waals surface area (Å²) in [5, 5.41) is 4.20. The number of rotatable bonds is 8. The van der Waals surface area contributed by atoms with Crippen molar-refractivity contribution in [2.75, 3.05) is 29.3 Å². The fourth-order valence-electron chi connectivity index (χ4n) is 3.56. The molecule has 12 heteroatoms. The Bertz CT molecular complexity index is 1350. The Morgan fingerprint density at radius 1 is 0.971 bits per heavy atom. The van der Waals surface area contributed by atoms with Crippen molar-refractivity contribution in [1.82, 2.24) is 4.31 Å². The topological polar surface area (TPSA) is 104 Å². The molecule has 8 nitrogen and oxygen atoms in total. The average molecular weight is 524 g/mol. The molecule has 1 fully saturated rings. The second-order valence-electron chi connectivity index (χ2n) is 7.60. The van der Waals surface area contributed by atoms with E-state index in [4.69, 9.17) is 0 Å². The number of halogens is 1. The lowest BCUT2D eigenvalue weighted by atomic mass is 10.3. The fourth-order valence-corrected chi connectivity index (χ4v) is 7.60. The first-order valence-corrected chi connectivity index (χ1v) is 14.2. The molecule has 1 amide bonds. The molecule has 0 spiro atoms. The van der Waals surface area contributed by atoms with E-state index >= 15 is 0 Å². The Kier molecular flexibility index (Phi) is 7.03. The van der Waals surface area contributed by atoms with Gasteiger partial charge in [-0.15, -0.1) is 11.3 Å². The van der Waals surface area contributed by atoms with Crippen LogP contribution in [0.15, 0.2) is 75.1 Å². The number of carbonyl (C=O) groups excluding carboxylic acids is 1. The number of carbonyl (C=O) groups is 1. The Morgan fingerprint density at radius 2 is 1.62 bits per heavy atom. The molecule has 180 valence electrons. The van der Waals surface area contributed by atoms with E-state index < -0.39 is 38.3 Å². The van der Waals surface area contributed by atoms with Crippen LogP contribution in [0.5, 0.6) is 0 Å². The highest BCUT2D eigenvalue weighted by atomic mass is 32.2. The molecule has 1 aliphatic heterocycles. The van der Waals surface area contributed by atoms with E-state index in [1.165, 1.54) is 46.8 Å². The summed E-state index contributed by atoms with van der Waals surface area (Å²) in [6.07, 6.45) is 1.65. The third-order valence-electron chi connectivity index (χ3n) is 5.28. The zero-order valence-corrected chi connectivity index (χ0v) is 20.4. The second-order valence-corrected chi connectivity index (χ2v) is 12.6. The van der Waals surface area contributed by atoms with Crippen molar-refractivity contribution in [3.63, 3.8) is 0 Å². The third kappa shape index (κ3) is 5.14. The van der Waals surface area contributed by atoms with Crippen LogP contribution in [0.4, 0.5) is 15.8 Å². The van der Waals surface area contributed by atoms with Crippen molar-refractivity contribution < 1.29 is 26.0 Å². The maximum absolute atomic E-state index is 13.4. The van der Waals surface area contributed by atoms with Gasteiger partial charge in [-0.1, -0.05) is 6.07 Å². The third-order valence-corrected chi connectivity index (χ3v) is 10.3. The van der Waals surface area contributed by atoms with Crippen molar-refractivity contribution in [1.29, 1.82) is 0 Å². The number of nitrogens with zero attached hydrogens (tertiary/aromatic N) is 2. The molecule has 34 heavy (non-hydrogen) atoms. The highest BCUT2D eigenvalue weighted by Crippen LogP contribution is 2.27. The van der Waals surface area contributed by atoms with E-state index in [9.17, 15) is 26.0 Å². The van der Waals surface area contributed by atoms with Gasteiger partial charge in [-0.2, -0.15) is 4.31 Å². The van der Waals surface area contributed by atoms with E-state index in [0.29, 0.717) is 18.8 Å². The minimum Gasteiger partial charge on any atom is -0.325 e. The van der Waals surface area contributed by atoms with Gasteiger partial charge in [-0.3, -0.25) is 9.10 Å². The summed E-state index contributed by atoms with van der Waals surface area (Å²) in [6, 6.07) is 13.5. The van der Waals surface area contributed by atoms with E-state index in [0.717, 1.165) is 40.6 Å². The normalized spacial score (nSPS) is 14.7. The van der Waals surface area contributed by atoms with E-state index in [1.807, 2.05) is 0 Å². The summed E-state index contributed by atoms with van der Waals surface area (Å²) in [5.74, 6) is -1.18. The minimum atomic E-state index is -4.06. The summed E-state index contributed by atoms with van der Waals surface area (Å²) in [7, 11) is -7.65. The molecule has 2 heterocycles. The lowest BCUT2D eigenvalue weighted by molar-refractivity contribution is -0.114. The predicted octanol–water partition coefficient (Wildman–Crippen LogP) is 3.51. The van der Waals surface area contributed by atoms with Gasteiger partial charge in [0.25, 0.3) is 10.0 Å². The van der Waals surface area contributed by atoms with Crippen molar-refractivity contribution in [3.8, 4) is 0 Å². The monoisotopic (exact) mass is 523 g/mol. The van der Waals surface area contributed by atoms with Crippen molar-refractivity contribution >= 4 is 48.7 Å². The molecule has 0 radical (unpaired) electrons. The summed E-state index contributed by atoms with van der Waals surface area (Å²) < 4.78 is 67.4. The predicted molar refractivity (Wildman–Crippen MR) is 128 cm³/mol. The number of hydrogen-bond acceptors (Lipinski definition) is 6. The van der Waals surface area contributed by atoms with Crippen molar-refractivity contribution in [3.05, 3.63) is 71.9 Å². The minimum absolute atomic E-state index is 0.0427. The number of thiophene rings is 1. The fraction of sp³-hybridized carbons (Fsp3) is 0.227. The zero-order valence-electron chi connectivity index (χ0n) is 17.9. The van der Waals surface area contributed by atoms with Gasteiger partial charge in [0.05, 0.1) is 10.6 Å². The molecule has 1 aromatic heterocycles. The highest BCUT2D eigenvalue weighted by molar-refractivity contribution is 7.94. The van der Waals surface area contributed by atoms with Crippen molar-refractivity contribution in [2.24, 2.45) is 0 Å². The van der Waals surface area contributed by atoms with Gasteiger partial charge in [0.1, 0.15) is 16.6 Å². The van der Waals surface area contributed by atoms with Crippen molar-refractivity contribution in [2.45, 2.75) is 21.9 Å². The number of sulfonamides is 2. The van der Waals surface area contributed by atoms with Gasteiger partial charge in [0, 0.05) is 18.8 Å². The van der Waals surface area contributed by atoms with Crippen LogP contribution in [0, 0.1) is 5.82 Å². The summed E-state index contributed by atoms with van der Waals surface area (Å²) in [6.45, 7) is 0.414. The Hall–Kier alpha value is -2.80. The van der Waals surface area contributed by atoms with Gasteiger partial charge < -0.3 is 5.32 Å². The van der Waals surface area contributed by atoms with Gasteiger partial charge in [-0.25, -0.2) is 21.2 Å². The Balaban J connectivity index is 1.52. The van der Waals surface area contributed by atoms with Gasteiger partial charge in [0.15, 0.2) is 0 Å². The van der Waals surface area contributed by atoms with E-state index in [2.05, 4.69) is 5.32 Å². The van der Waals surface area contributed by atoms with Crippen LogP contribution in [0.25, 0.3) is 0 Å². The summed E-state index contributed by atoms with van der Waals surface area (Å²) >= 11 is 1.01. The first-order valence-electron chi connectivity index (χ1n) is 10.4. The van der Waals surface area contributed by atoms with Gasteiger partial charge in [0.2, 0.25) is 15.9 Å². The second kappa shape index (κ2) is 9.82. The highest BCUT2D eigenvalue weighted by Gasteiger charge is 2.29. The van der Waals surface area contributed by atoms with Crippen LogP contribution in [-0.2, 0) is 24.8 Å². The maximum Gasteiger partial charge on any atom is 0.274 e. The number of anilines is 2.